The Balaban J connectivity index is 1.52. The molecule has 0 aliphatic heterocycles. The number of amides is 1. The molecular weight excluding hydrogens is 471 g/mol. The van der Waals surface area contributed by atoms with Crippen LogP contribution < -0.4 is 10.1 Å². The van der Waals surface area contributed by atoms with Crippen LogP contribution in [0.15, 0.2) is 60.7 Å². The fourth-order valence-corrected chi connectivity index (χ4v) is 4.46. The first-order valence-corrected chi connectivity index (χ1v) is 11.6. The van der Waals surface area contributed by atoms with Crippen molar-refractivity contribution in [1.82, 2.24) is 0 Å². The van der Waals surface area contributed by atoms with E-state index in [2.05, 4.69) is 5.32 Å². The number of alkyl halides is 3. The van der Waals surface area contributed by atoms with Crippen molar-refractivity contribution in [3.05, 3.63) is 94.0 Å². The number of carboxylic acids is 1. The molecule has 2 atom stereocenters. The van der Waals surface area contributed by atoms with Gasteiger partial charge in [-0.3, -0.25) is 9.59 Å². The zero-order chi connectivity index (χ0) is 26.0. The summed E-state index contributed by atoms with van der Waals surface area (Å²) < 4.78 is 46.8. The first kappa shape index (κ1) is 25.3. The highest BCUT2D eigenvalue weighted by Crippen LogP contribution is 2.49. The van der Waals surface area contributed by atoms with Crippen LogP contribution in [0.25, 0.3) is 0 Å². The highest BCUT2D eigenvalue weighted by Gasteiger charge is 2.45. The average molecular weight is 498 g/mol. The number of halogens is 3. The lowest BCUT2D eigenvalue weighted by molar-refractivity contribution is -0.139. The van der Waals surface area contributed by atoms with Crippen molar-refractivity contribution in [3.63, 3.8) is 0 Å². The van der Waals surface area contributed by atoms with Gasteiger partial charge in [0.1, 0.15) is 5.75 Å². The van der Waals surface area contributed by atoms with Crippen molar-refractivity contribution in [2.75, 3.05) is 11.9 Å². The summed E-state index contributed by atoms with van der Waals surface area (Å²) in [6.07, 6.45) is -3.61. The molecule has 1 saturated carbocycles. The molecule has 1 fully saturated rings. The lowest BCUT2D eigenvalue weighted by Gasteiger charge is -2.17. The second kappa shape index (κ2) is 10.0. The third-order valence-corrected chi connectivity index (χ3v) is 6.37. The van der Waals surface area contributed by atoms with E-state index in [1.807, 2.05) is 30.3 Å². The maximum atomic E-state index is 13.6. The van der Waals surface area contributed by atoms with Gasteiger partial charge in [-0.25, -0.2) is 0 Å². The summed E-state index contributed by atoms with van der Waals surface area (Å²) >= 11 is 0. The van der Waals surface area contributed by atoms with E-state index in [9.17, 15) is 22.8 Å². The number of anilines is 1. The normalized spacial score (nSPS) is 16.9. The standard InChI is InChI=1S/C28H26F3NO4/c1-16-12-20(36-11-10-18-6-4-3-5-7-18)13-17(2)25(16)26(33)32-24-14-19(21-15-22(21)27(34)35)8-9-23(24)28(29,30)31/h3-9,12-14,21-22H,10-11,15H2,1-2H3,(H,32,33)(H,34,35). The molecule has 5 nitrogen and oxygen atoms in total. The monoisotopic (exact) mass is 497 g/mol. The number of carbonyl (C=O) groups excluding carboxylic acids is 1. The first-order valence-electron chi connectivity index (χ1n) is 11.6. The SMILES string of the molecule is Cc1cc(OCCc2ccccc2)cc(C)c1C(=O)Nc1cc(C2CC2C(=O)O)ccc1C(F)(F)F. The Kier molecular flexibility index (Phi) is 7.06. The van der Waals surface area contributed by atoms with Crippen LogP contribution in [0.1, 0.15) is 50.5 Å². The van der Waals surface area contributed by atoms with Gasteiger partial charge in [0.2, 0.25) is 0 Å². The van der Waals surface area contributed by atoms with Crippen LogP contribution in [0, 0.1) is 19.8 Å². The maximum Gasteiger partial charge on any atom is 0.418 e. The van der Waals surface area contributed by atoms with Crippen LogP contribution in [0.2, 0.25) is 0 Å². The molecule has 0 spiro atoms. The summed E-state index contributed by atoms with van der Waals surface area (Å²) in [5, 5.41) is 11.6. The van der Waals surface area contributed by atoms with Crippen LogP contribution in [-0.2, 0) is 17.4 Å². The van der Waals surface area contributed by atoms with Crippen LogP contribution in [-0.4, -0.2) is 23.6 Å². The number of ether oxygens (including phenoxy) is 1. The topological polar surface area (TPSA) is 75.6 Å². The minimum Gasteiger partial charge on any atom is -0.493 e. The van der Waals surface area contributed by atoms with Gasteiger partial charge in [0.15, 0.2) is 0 Å². The van der Waals surface area contributed by atoms with E-state index in [1.165, 1.54) is 12.1 Å². The minimum atomic E-state index is -4.68. The van der Waals surface area contributed by atoms with E-state index >= 15 is 0 Å². The summed E-state index contributed by atoms with van der Waals surface area (Å²) in [5.41, 5.74) is 1.62. The molecule has 36 heavy (non-hydrogen) atoms. The van der Waals surface area contributed by atoms with Gasteiger partial charge in [0.25, 0.3) is 5.91 Å². The van der Waals surface area contributed by atoms with Gasteiger partial charge < -0.3 is 15.2 Å². The number of hydrogen-bond donors (Lipinski definition) is 2. The van der Waals surface area contributed by atoms with Gasteiger partial charge in [0.05, 0.1) is 23.8 Å². The van der Waals surface area contributed by atoms with E-state index in [-0.39, 0.29) is 17.2 Å². The third-order valence-electron chi connectivity index (χ3n) is 6.37. The number of aryl methyl sites for hydroxylation is 2. The van der Waals surface area contributed by atoms with Crippen molar-refractivity contribution >= 4 is 17.6 Å². The van der Waals surface area contributed by atoms with E-state index in [4.69, 9.17) is 9.84 Å². The molecule has 1 aliphatic carbocycles. The Morgan fingerprint density at radius 3 is 2.28 bits per heavy atom. The number of benzene rings is 3. The Morgan fingerprint density at radius 1 is 1.03 bits per heavy atom. The molecular formula is C28H26F3NO4. The molecule has 8 heteroatoms. The quantitative estimate of drug-likeness (QED) is 0.379. The van der Waals surface area contributed by atoms with E-state index in [1.54, 1.807) is 26.0 Å². The van der Waals surface area contributed by atoms with Gasteiger partial charge in [-0.15, -0.1) is 0 Å². The molecule has 4 rings (SSSR count). The van der Waals surface area contributed by atoms with Crippen molar-refractivity contribution in [2.24, 2.45) is 5.92 Å². The Bertz CT molecular complexity index is 1260. The third kappa shape index (κ3) is 5.70. The predicted octanol–water partition coefficient (Wildman–Crippen LogP) is 6.38. The fourth-order valence-electron chi connectivity index (χ4n) is 4.46. The van der Waals surface area contributed by atoms with Gasteiger partial charge in [-0.05, 0) is 72.7 Å². The lowest BCUT2D eigenvalue weighted by atomic mass is 10.00. The molecule has 1 aliphatic rings. The highest BCUT2D eigenvalue weighted by atomic mass is 19.4. The predicted molar refractivity (Wildman–Crippen MR) is 129 cm³/mol. The molecule has 0 aromatic heterocycles. The number of rotatable bonds is 8. The van der Waals surface area contributed by atoms with E-state index in [0.29, 0.717) is 41.9 Å². The fraction of sp³-hybridized carbons (Fsp3) is 0.286. The molecule has 1 amide bonds. The Morgan fingerprint density at radius 2 is 1.69 bits per heavy atom. The summed E-state index contributed by atoms with van der Waals surface area (Å²) in [5.74, 6) is -2.07. The van der Waals surface area contributed by atoms with Gasteiger partial charge in [-0.1, -0.05) is 36.4 Å². The Labute approximate surface area is 206 Å². The van der Waals surface area contributed by atoms with Gasteiger partial charge in [0, 0.05) is 12.0 Å². The lowest BCUT2D eigenvalue weighted by Crippen LogP contribution is -2.19. The van der Waals surface area contributed by atoms with Crippen molar-refractivity contribution in [2.45, 2.75) is 38.8 Å². The van der Waals surface area contributed by atoms with Crippen LogP contribution in [0.5, 0.6) is 5.75 Å². The van der Waals surface area contributed by atoms with E-state index in [0.717, 1.165) is 11.6 Å². The molecule has 0 bridgehead atoms. The molecule has 2 N–H and O–H groups in total. The number of nitrogens with one attached hydrogen (secondary N) is 1. The molecule has 188 valence electrons. The molecule has 0 heterocycles. The zero-order valence-corrected chi connectivity index (χ0v) is 19.9. The molecule has 3 aromatic rings. The van der Waals surface area contributed by atoms with Crippen LogP contribution in [0.4, 0.5) is 18.9 Å². The number of carboxylic acid groups (broad SMARTS) is 1. The van der Waals surface area contributed by atoms with Crippen molar-refractivity contribution in [3.8, 4) is 5.75 Å². The van der Waals surface area contributed by atoms with Crippen molar-refractivity contribution < 1.29 is 32.6 Å². The molecule has 3 aromatic carbocycles. The Hall–Kier alpha value is -3.81. The number of aliphatic carboxylic acids is 1. The highest BCUT2D eigenvalue weighted by molar-refractivity contribution is 6.07. The maximum absolute atomic E-state index is 13.6. The molecule has 0 radical (unpaired) electrons. The van der Waals surface area contributed by atoms with Gasteiger partial charge >= 0.3 is 12.1 Å². The zero-order valence-electron chi connectivity index (χ0n) is 19.9. The number of hydrogen-bond acceptors (Lipinski definition) is 3. The second-order valence-electron chi connectivity index (χ2n) is 9.06. The second-order valence-corrected chi connectivity index (χ2v) is 9.06. The summed E-state index contributed by atoms with van der Waals surface area (Å²) in [6, 6.07) is 16.6. The largest absolute Gasteiger partial charge is 0.493 e. The average Bonchev–Trinajstić information content (AvgIpc) is 3.60. The summed E-state index contributed by atoms with van der Waals surface area (Å²) in [6.45, 7) is 3.85. The molecule has 0 saturated heterocycles. The van der Waals surface area contributed by atoms with Crippen molar-refractivity contribution in [1.29, 1.82) is 0 Å². The summed E-state index contributed by atoms with van der Waals surface area (Å²) in [7, 11) is 0. The molecule has 2 unspecified atom stereocenters. The van der Waals surface area contributed by atoms with Crippen LogP contribution >= 0.6 is 0 Å². The van der Waals surface area contributed by atoms with Crippen LogP contribution in [0.3, 0.4) is 0 Å². The number of carbonyl (C=O) groups is 2. The summed E-state index contributed by atoms with van der Waals surface area (Å²) in [4.78, 5) is 24.3. The van der Waals surface area contributed by atoms with Gasteiger partial charge in [-0.2, -0.15) is 13.2 Å². The smallest absolute Gasteiger partial charge is 0.418 e. The minimum absolute atomic E-state index is 0.263. The van der Waals surface area contributed by atoms with E-state index < -0.39 is 29.5 Å². The first-order chi connectivity index (χ1) is 17.0.